The molecule has 5 nitrogen and oxygen atoms in total. The molecule has 1 amide bonds. The van der Waals surface area contributed by atoms with Gasteiger partial charge in [-0.1, -0.05) is 24.3 Å². The standard InChI is InChI=1S/C20H20BrN3O2/c1-2-24-13-16(12-23-24)11-22-20(25)17-9-7-15(8-10-17)14-26-19-6-4-3-5-18(19)21/h3-10,12-13H,2,11,14H2,1H3,(H,22,25). The zero-order chi connectivity index (χ0) is 18.4. The fourth-order valence-corrected chi connectivity index (χ4v) is 2.83. The van der Waals surface area contributed by atoms with Crippen LogP contribution in [0.3, 0.4) is 0 Å². The molecular formula is C20H20BrN3O2. The normalized spacial score (nSPS) is 10.5. The largest absolute Gasteiger partial charge is 0.488 e. The molecule has 0 unspecified atom stereocenters. The van der Waals surface area contributed by atoms with E-state index in [1.54, 1.807) is 6.20 Å². The summed E-state index contributed by atoms with van der Waals surface area (Å²) in [4.78, 5) is 12.3. The molecule has 1 aromatic heterocycles. The molecule has 0 atom stereocenters. The number of halogens is 1. The molecule has 3 rings (SSSR count). The van der Waals surface area contributed by atoms with Gasteiger partial charge in [0.15, 0.2) is 0 Å². The van der Waals surface area contributed by atoms with Gasteiger partial charge in [0.1, 0.15) is 12.4 Å². The Morgan fingerprint density at radius 2 is 1.92 bits per heavy atom. The van der Waals surface area contributed by atoms with Gasteiger partial charge >= 0.3 is 0 Å². The Morgan fingerprint density at radius 1 is 1.15 bits per heavy atom. The predicted molar refractivity (Wildman–Crippen MR) is 104 cm³/mol. The van der Waals surface area contributed by atoms with Crippen molar-refractivity contribution < 1.29 is 9.53 Å². The molecule has 0 fully saturated rings. The first-order chi connectivity index (χ1) is 12.7. The van der Waals surface area contributed by atoms with Crippen LogP contribution >= 0.6 is 15.9 Å². The van der Waals surface area contributed by atoms with E-state index in [1.165, 1.54) is 0 Å². The van der Waals surface area contributed by atoms with Gasteiger partial charge < -0.3 is 10.1 Å². The lowest BCUT2D eigenvalue weighted by molar-refractivity contribution is 0.0951. The summed E-state index contributed by atoms with van der Waals surface area (Å²) in [5.41, 5.74) is 2.61. The van der Waals surface area contributed by atoms with E-state index in [9.17, 15) is 4.79 Å². The number of rotatable bonds is 7. The smallest absolute Gasteiger partial charge is 0.251 e. The summed E-state index contributed by atoms with van der Waals surface area (Å²) in [5.74, 6) is 0.689. The van der Waals surface area contributed by atoms with Crippen LogP contribution in [0.2, 0.25) is 0 Å². The fraction of sp³-hybridized carbons (Fsp3) is 0.200. The van der Waals surface area contributed by atoms with Crippen LogP contribution in [-0.2, 0) is 19.7 Å². The minimum atomic E-state index is -0.104. The first kappa shape index (κ1) is 18.2. The third-order valence-corrected chi connectivity index (χ3v) is 4.57. The second kappa shape index (κ2) is 8.67. The number of aryl methyl sites for hydroxylation is 1. The molecule has 2 aromatic carbocycles. The van der Waals surface area contributed by atoms with Crippen LogP contribution in [0.1, 0.15) is 28.4 Å². The number of nitrogens with one attached hydrogen (secondary N) is 1. The summed E-state index contributed by atoms with van der Waals surface area (Å²) in [6.07, 6.45) is 3.70. The number of benzene rings is 2. The van der Waals surface area contributed by atoms with Gasteiger partial charge in [-0.05, 0) is 52.7 Å². The maximum Gasteiger partial charge on any atom is 0.251 e. The molecule has 134 valence electrons. The van der Waals surface area contributed by atoms with Gasteiger partial charge in [-0.25, -0.2) is 0 Å². The number of para-hydroxylation sites is 1. The molecular weight excluding hydrogens is 394 g/mol. The summed E-state index contributed by atoms with van der Waals surface area (Å²) >= 11 is 3.46. The molecule has 0 aliphatic heterocycles. The first-order valence-electron chi connectivity index (χ1n) is 8.41. The van der Waals surface area contributed by atoms with Crippen LogP contribution in [-0.4, -0.2) is 15.7 Å². The monoisotopic (exact) mass is 413 g/mol. The van der Waals surface area contributed by atoms with Crippen LogP contribution in [0.15, 0.2) is 65.4 Å². The van der Waals surface area contributed by atoms with E-state index >= 15 is 0 Å². The molecule has 0 saturated carbocycles. The molecule has 0 saturated heterocycles. The Kier molecular flexibility index (Phi) is 6.07. The highest BCUT2D eigenvalue weighted by atomic mass is 79.9. The molecule has 0 aliphatic carbocycles. The van der Waals surface area contributed by atoms with Gasteiger partial charge in [-0.3, -0.25) is 9.48 Å². The third kappa shape index (κ3) is 4.73. The van der Waals surface area contributed by atoms with Crippen molar-refractivity contribution in [1.29, 1.82) is 0 Å². The highest BCUT2D eigenvalue weighted by Crippen LogP contribution is 2.24. The van der Waals surface area contributed by atoms with Gasteiger partial charge in [0.05, 0.1) is 10.7 Å². The lowest BCUT2D eigenvalue weighted by Gasteiger charge is -2.09. The molecule has 1 N–H and O–H groups in total. The second-order valence-corrected chi connectivity index (χ2v) is 6.66. The second-order valence-electron chi connectivity index (χ2n) is 5.80. The van der Waals surface area contributed by atoms with Crippen LogP contribution < -0.4 is 10.1 Å². The summed E-state index contributed by atoms with van der Waals surface area (Å²) < 4.78 is 8.54. The van der Waals surface area contributed by atoms with Gasteiger partial charge in [0.25, 0.3) is 5.91 Å². The Hall–Kier alpha value is -2.60. The van der Waals surface area contributed by atoms with E-state index in [0.29, 0.717) is 18.7 Å². The third-order valence-electron chi connectivity index (χ3n) is 3.91. The highest BCUT2D eigenvalue weighted by Gasteiger charge is 2.07. The van der Waals surface area contributed by atoms with E-state index in [1.807, 2.05) is 66.3 Å². The maximum atomic E-state index is 12.3. The average molecular weight is 414 g/mol. The van der Waals surface area contributed by atoms with Crippen LogP contribution in [0.4, 0.5) is 0 Å². The maximum absolute atomic E-state index is 12.3. The molecule has 3 aromatic rings. The SMILES string of the molecule is CCn1cc(CNC(=O)c2ccc(COc3ccccc3Br)cc2)cn1. The van der Waals surface area contributed by atoms with Gasteiger partial charge in [0, 0.05) is 30.4 Å². The van der Waals surface area contributed by atoms with Crippen LogP contribution in [0, 0.1) is 0 Å². The molecule has 1 heterocycles. The van der Waals surface area contributed by atoms with Crippen molar-refractivity contribution in [2.75, 3.05) is 0 Å². The molecule has 0 radical (unpaired) electrons. The summed E-state index contributed by atoms with van der Waals surface area (Å²) in [6.45, 7) is 3.75. The molecule has 26 heavy (non-hydrogen) atoms. The molecule has 0 spiro atoms. The minimum absolute atomic E-state index is 0.104. The van der Waals surface area contributed by atoms with E-state index in [2.05, 4.69) is 26.3 Å². The van der Waals surface area contributed by atoms with Crippen molar-refractivity contribution in [3.63, 3.8) is 0 Å². The number of carbonyl (C=O) groups excluding carboxylic acids is 1. The van der Waals surface area contributed by atoms with Crippen molar-refractivity contribution >= 4 is 21.8 Å². The van der Waals surface area contributed by atoms with Crippen LogP contribution in [0.25, 0.3) is 0 Å². The number of hydrogen-bond donors (Lipinski definition) is 1. The van der Waals surface area contributed by atoms with Gasteiger partial charge in [-0.15, -0.1) is 0 Å². The topological polar surface area (TPSA) is 56.2 Å². The molecule has 6 heteroatoms. The number of hydrogen-bond acceptors (Lipinski definition) is 3. The zero-order valence-corrected chi connectivity index (χ0v) is 16.1. The predicted octanol–water partition coefficient (Wildman–Crippen LogP) is 4.17. The lowest BCUT2D eigenvalue weighted by Crippen LogP contribution is -2.22. The average Bonchev–Trinajstić information content (AvgIpc) is 3.14. The Balaban J connectivity index is 1.53. The summed E-state index contributed by atoms with van der Waals surface area (Å²) in [5, 5.41) is 7.10. The van der Waals surface area contributed by atoms with E-state index < -0.39 is 0 Å². The zero-order valence-electron chi connectivity index (χ0n) is 14.5. The summed E-state index contributed by atoms with van der Waals surface area (Å²) in [6, 6.07) is 15.1. The molecule has 0 bridgehead atoms. The number of nitrogens with zero attached hydrogens (tertiary/aromatic N) is 2. The first-order valence-corrected chi connectivity index (χ1v) is 9.21. The van der Waals surface area contributed by atoms with Crippen molar-refractivity contribution in [3.05, 3.63) is 82.1 Å². The minimum Gasteiger partial charge on any atom is -0.488 e. The van der Waals surface area contributed by atoms with Crippen molar-refractivity contribution in [2.45, 2.75) is 26.6 Å². The van der Waals surface area contributed by atoms with E-state index in [-0.39, 0.29) is 5.91 Å². The van der Waals surface area contributed by atoms with Gasteiger partial charge in [0.2, 0.25) is 0 Å². The fourth-order valence-electron chi connectivity index (χ4n) is 2.43. The van der Waals surface area contributed by atoms with E-state index in [4.69, 9.17) is 4.74 Å². The number of amides is 1. The highest BCUT2D eigenvalue weighted by molar-refractivity contribution is 9.10. The number of ether oxygens (including phenoxy) is 1. The number of carbonyl (C=O) groups is 1. The van der Waals surface area contributed by atoms with Crippen molar-refractivity contribution in [2.24, 2.45) is 0 Å². The Labute approximate surface area is 161 Å². The van der Waals surface area contributed by atoms with E-state index in [0.717, 1.165) is 27.9 Å². The Morgan fingerprint density at radius 3 is 2.62 bits per heavy atom. The van der Waals surface area contributed by atoms with Gasteiger partial charge in [-0.2, -0.15) is 5.10 Å². The Bertz CT molecular complexity index is 875. The van der Waals surface area contributed by atoms with Crippen molar-refractivity contribution in [1.82, 2.24) is 15.1 Å². The lowest BCUT2D eigenvalue weighted by atomic mass is 10.1. The molecule has 0 aliphatic rings. The number of aromatic nitrogens is 2. The van der Waals surface area contributed by atoms with Crippen molar-refractivity contribution in [3.8, 4) is 5.75 Å². The summed E-state index contributed by atoms with van der Waals surface area (Å²) in [7, 11) is 0. The van der Waals surface area contributed by atoms with Crippen LogP contribution in [0.5, 0.6) is 5.75 Å². The quantitative estimate of drug-likeness (QED) is 0.631.